The van der Waals surface area contributed by atoms with Gasteiger partial charge in [0.1, 0.15) is 7.05 Å². The molecule has 3 aromatic carbocycles. The van der Waals surface area contributed by atoms with Gasteiger partial charge in [0.2, 0.25) is 5.69 Å². The van der Waals surface area contributed by atoms with E-state index in [0.717, 1.165) is 11.4 Å². The third-order valence-corrected chi connectivity index (χ3v) is 7.27. The third kappa shape index (κ3) is 2.23. The van der Waals surface area contributed by atoms with E-state index in [1.54, 1.807) is 0 Å². The molecule has 0 saturated carbocycles. The Balaban J connectivity index is 1.62. The third-order valence-electron chi connectivity index (χ3n) is 7.27. The summed E-state index contributed by atoms with van der Waals surface area (Å²) in [6.45, 7) is 2.20. The smallest absolute Gasteiger partial charge is 0.217 e. The van der Waals surface area contributed by atoms with E-state index in [2.05, 4.69) is 91.5 Å². The largest absolute Gasteiger partial charge is 0.257 e. The van der Waals surface area contributed by atoms with E-state index < -0.39 is 0 Å². The predicted molar refractivity (Wildman–Crippen MR) is 126 cm³/mol. The van der Waals surface area contributed by atoms with Gasteiger partial charge in [0.15, 0.2) is 6.20 Å². The summed E-state index contributed by atoms with van der Waals surface area (Å²) >= 11 is 0. The van der Waals surface area contributed by atoms with Crippen LogP contribution in [-0.4, -0.2) is 9.97 Å². The Kier molecular flexibility index (Phi) is 3.52. The molecule has 2 atom stereocenters. The summed E-state index contributed by atoms with van der Waals surface area (Å²) in [6, 6.07) is 24.4. The fourth-order valence-corrected chi connectivity index (χ4v) is 5.89. The van der Waals surface area contributed by atoms with Gasteiger partial charge in [-0.2, -0.15) is 0 Å². The van der Waals surface area contributed by atoms with E-state index in [0.29, 0.717) is 0 Å². The fraction of sp³-hybridized carbons (Fsp3) is 0.138. The lowest BCUT2D eigenvalue weighted by molar-refractivity contribution is -0.660. The van der Waals surface area contributed by atoms with Gasteiger partial charge in [-0.3, -0.25) is 9.97 Å². The van der Waals surface area contributed by atoms with Crippen molar-refractivity contribution in [2.45, 2.75) is 18.8 Å². The van der Waals surface area contributed by atoms with Crippen molar-refractivity contribution >= 4 is 10.8 Å². The Morgan fingerprint density at radius 1 is 0.719 bits per heavy atom. The normalized spacial score (nSPS) is 17.7. The van der Waals surface area contributed by atoms with Crippen molar-refractivity contribution in [1.82, 2.24) is 9.97 Å². The molecular weight excluding hydrogens is 390 g/mol. The number of hydrogen-bond acceptors (Lipinski definition) is 2. The summed E-state index contributed by atoms with van der Waals surface area (Å²) in [5.74, 6) is 0.197. The zero-order valence-electron chi connectivity index (χ0n) is 18.1. The summed E-state index contributed by atoms with van der Waals surface area (Å²) in [5, 5.41) is 2.56. The molecule has 0 spiro atoms. The summed E-state index contributed by atoms with van der Waals surface area (Å²) in [7, 11) is 2.16. The SMILES string of the molecule is Cc1ccccc1-c1c2c(cc[n+]1C)C1c3cc4ccccc4cc3C2c2nccnc21. The average Bonchev–Trinajstić information content (AvgIpc) is 2.83. The van der Waals surface area contributed by atoms with Gasteiger partial charge in [-0.1, -0.05) is 42.5 Å². The summed E-state index contributed by atoms with van der Waals surface area (Å²) in [5.41, 5.74) is 11.6. The number of hydrogen-bond donors (Lipinski definition) is 0. The highest BCUT2D eigenvalue weighted by Gasteiger charge is 2.47. The molecule has 0 radical (unpaired) electrons. The van der Waals surface area contributed by atoms with Crippen LogP contribution in [-0.2, 0) is 7.05 Å². The first-order valence-corrected chi connectivity index (χ1v) is 11.1. The lowest BCUT2D eigenvalue weighted by atomic mass is 9.63. The Morgan fingerprint density at radius 2 is 1.34 bits per heavy atom. The standard InChI is InChI=1S/C29H22N3/c1-17-7-3-6-10-20(17)29-26-21(11-14-32(29)2)24-22-15-18-8-4-5-9-19(18)16-23(22)25(26)28-27(24)30-12-13-31-28/h3-16,24-25H,1-2H3/q+1. The highest BCUT2D eigenvalue weighted by atomic mass is 14.9. The minimum atomic E-state index is 0.0836. The summed E-state index contributed by atoms with van der Waals surface area (Å²) in [6.07, 6.45) is 5.89. The molecule has 0 saturated heterocycles. The van der Waals surface area contributed by atoms with Crippen LogP contribution >= 0.6 is 0 Å². The Hall–Kier alpha value is -3.85. The monoisotopic (exact) mass is 412 g/mol. The molecule has 0 N–H and O–H groups in total. The molecule has 2 heterocycles. The van der Waals surface area contributed by atoms with Gasteiger partial charge >= 0.3 is 0 Å². The van der Waals surface area contributed by atoms with Gasteiger partial charge in [-0.15, -0.1) is 0 Å². The van der Waals surface area contributed by atoms with Crippen LogP contribution in [0.1, 0.15) is 51.0 Å². The zero-order valence-corrected chi connectivity index (χ0v) is 18.1. The first kappa shape index (κ1) is 17.8. The molecule has 2 bridgehead atoms. The Morgan fingerprint density at radius 3 is 2.06 bits per heavy atom. The molecule has 3 aliphatic rings. The molecule has 8 rings (SSSR count). The van der Waals surface area contributed by atoms with Crippen LogP contribution in [0.2, 0.25) is 0 Å². The zero-order chi connectivity index (χ0) is 21.4. The molecule has 0 amide bonds. The van der Waals surface area contributed by atoms with Crippen LogP contribution in [0.4, 0.5) is 0 Å². The first-order valence-electron chi connectivity index (χ1n) is 11.1. The van der Waals surface area contributed by atoms with E-state index in [1.807, 2.05) is 12.4 Å². The maximum Gasteiger partial charge on any atom is 0.217 e. The second-order valence-corrected chi connectivity index (χ2v) is 8.98. The van der Waals surface area contributed by atoms with E-state index >= 15 is 0 Å². The van der Waals surface area contributed by atoms with E-state index in [4.69, 9.17) is 9.97 Å². The van der Waals surface area contributed by atoms with Crippen LogP contribution in [0.3, 0.4) is 0 Å². The molecule has 152 valence electrons. The molecule has 0 aliphatic heterocycles. The van der Waals surface area contributed by atoms with Gasteiger partial charge in [-0.25, -0.2) is 4.57 Å². The molecule has 3 nitrogen and oxygen atoms in total. The van der Waals surface area contributed by atoms with E-state index in [-0.39, 0.29) is 11.8 Å². The quantitative estimate of drug-likeness (QED) is 0.337. The van der Waals surface area contributed by atoms with Crippen molar-refractivity contribution < 1.29 is 4.57 Å². The van der Waals surface area contributed by atoms with Gasteiger partial charge < -0.3 is 0 Å². The number of benzene rings is 3. The van der Waals surface area contributed by atoms with Crippen molar-refractivity contribution in [1.29, 1.82) is 0 Å². The fourth-order valence-electron chi connectivity index (χ4n) is 5.89. The minimum Gasteiger partial charge on any atom is -0.257 e. The van der Waals surface area contributed by atoms with Crippen molar-refractivity contribution in [2.24, 2.45) is 7.05 Å². The first-order chi connectivity index (χ1) is 15.7. The average molecular weight is 413 g/mol. The Bertz CT molecular complexity index is 1570. The molecular formula is C29H22N3+. The van der Waals surface area contributed by atoms with Crippen molar-refractivity contribution in [3.05, 3.63) is 125 Å². The maximum absolute atomic E-state index is 4.89. The van der Waals surface area contributed by atoms with Crippen molar-refractivity contribution in [3.63, 3.8) is 0 Å². The number of nitrogens with zero attached hydrogens (tertiary/aromatic N) is 3. The maximum atomic E-state index is 4.89. The van der Waals surface area contributed by atoms with Gasteiger partial charge in [0.25, 0.3) is 0 Å². The lowest BCUT2D eigenvalue weighted by Gasteiger charge is -2.40. The number of fused-ring (bicyclic) bond motifs is 1. The summed E-state index contributed by atoms with van der Waals surface area (Å²) in [4.78, 5) is 9.75. The molecule has 2 unspecified atom stereocenters. The summed E-state index contributed by atoms with van der Waals surface area (Å²) < 4.78 is 2.28. The van der Waals surface area contributed by atoms with Crippen LogP contribution in [0.5, 0.6) is 0 Å². The molecule has 2 aromatic heterocycles. The minimum absolute atomic E-state index is 0.0836. The molecule has 32 heavy (non-hydrogen) atoms. The second kappa shape index (κ2) is 6.33. The highest BCUT2D eigenvalue weighted by molar-refractivity contribution is 5.87. The lowest BCUT2D eigenvalue weighted by Crippen LogP contribution is -2.38. The van der Waals surface area contributed by atoms with Crippen LogP contribution in [0.25, 0.3) is 22.0 Å². The van der Waals surface area contributed by atoms with Crippen LogP contribution < -0.4 is 4.57 Å². The second-order valence-electron chi connectivity index (χ2n) is 8.98. The molecule has 3 aliphatic carbocycles. The van der Waals surface area contributed by atoms with Gasteiger partial charge in [0.05, 0.1) is 23.2 Å². The molecule has 3 heteroatoms. The number of pyridine rings is 1. The van der Waals surface area contributed by atoms with Crippen molar-refractivity contribution in [3.8, 4) is 11.3 Å². The van der Waals surface area contributed by atoms with Crippen molar-refractivity contribution in [2.75, 3.05) is 0 Å². The molecule has 0 fully saturated rings. The van der Waals surface area contributed by atoms with Gasteiger partial charge in [0, 0.05) is 29.6 Å². The highest BCUT2D eigenvalue weighted by Crippen LogP contribution is 2.56. The van der Waals surface area contributed by atoms with Gasteiger partial charge in [-0.05, 0) is 58.1 Å². The van der Waals surface area contributed by atoms with E-state index in [1.165, 1.54) is 49.8 Å². The number of aromatic nitrogens is 3. The van der Waals surface area contributed by atoms with E-state index in [9.17, 15) is 0 Å². The molecule has 5 aromatic rings. The Labute approximate surface area is 187 Å². The number of rotatable bonds is 1. The topological polar surface area (TPSA) is 29.7 Å². The number of aryl methyl sites for hydroxylation is 2. The van der Waals surface area contributed by atoms with Crippen LogP contribution in [0.15, 0.2) is 85.3 Å². The predicted octanol–water partition coefficient (Wildman–Crippen LogP) is 5.42. The van der Waals surface area contributed by atoms with Crippen LogP contribution in [0, 0.1) is 6.92 Å².